The van der Waals surface area contributed by atoms with Crippen LogP contribution in [0, 0.1) is 0 Å². The van der Waals surface area contributed by atoms with Crippen molar-refractivity contribution in [1.29, 1.82) is 0 Å². The van der Waals surface area contributed by atoms with Crippen LogP contribution in [0.3, 0.4) is 0 Å². The molecule has 0 bridgehead atoms. The van der Waals surface area contributed by atoms with Gasteiger partial charge in [0.15, 0.2) is 0 Å². The zero-order valence-electron chi connectivity index (χ0n) is 17.0. The van der Waals surface area contributed by atoms with Crippen LogP contribution in [0.4, 0.5) is 0 Å². The number of ketones is 1. The summed E-state index contributed by atoms with van der Waals surface area (Å²) >= 11 is 0. The minimum Gasteiger partial charge on any atom is -0.507 e. The second-order valence-electron chi connectivity index (χ2n) is 7.29. The zero-order chi connectivity index (χ0) is 21.0. The van der Waals surface area contributed by atoms with Crippen LogP contribution in [0.2, 0.25) is 0 Å². The SMILES string of the molecule is COc1ccc(C(O)=C2C(=O)C(=O)N(CCCN(C)C)C2c2ccccc2)cc1. The predicted molar refractivity (Wildman–Crippen MR) is 112 cm³/mol. The lowest BCUT2D eigenvalue weighted by Gasteiger charge is -2.26. The summed E-state index contributed by atoms with van der Waals surface area (Å²) in [7, 11) is 5.49. The van der Waals surface area contributed by atoms with Gasteiger partial charge in [0.05, 0.1) is 18.7 Å². The molecule has 1 heterocycles. The van der Waals surface area contributed by atoms with E-state index in [4.69, 9.17) is 4.74 Å². The molecular formula is C23H26N2O4. The van der Waals surface area contributed by atoms with Crippen molar-refractivity contribution in [2.24, 2.45) is 0 Å². The zero-order valence-corrected chi connectivity index (χ0v) is 17.0. The molecular weight excluding hydrogens is 368 g/mol. The quantitative estimate of drug-likeness (QED) is 0.444. The van der Waals surface area contributed by atoms with Gasteiger partial charge in [-0.25, -0.2) is 0 Å². The molecule has 0 aliphatic carbocycles. The van der Waals surface area contributed by atoms with Crippen LogP contribution < -0.4 is 4.74 Å². The van der Waals surface area contributed by atoms with Gasteiger partial charge in [0.25, 0.3) is 11.7 Å². The first-order valence-electron chi connectivity index (χ1n) is 9.56. The van der Waals surface area contributed by atoms with Gasteiger partial charge in [-0.1, -0.05) is 30.3 Å². The molecule has 1 saturated heterocycles. The van der Waals surface area contributed by atoms with Crippen molar-refractivity contribution in [2.45, 2.75) is 12.5 Å². The van der Waals surface area contributed by atoms with Crippen molar-refractivity contribution >= 4 is 17.4 Å². The molecule has 1 atom stereocenters. The summed E-state index contributed by atoms with van der Waals surface area (Å²) in [5.74, 6) is -0.759. The second-order valence-corrected chi connectivity index (χ2v) is 7.29. The fourth-order valence-electron chi connectivity index (χ4n) is 3.55. The van der Waals surface area contributed by atoms with Gasteiger partial charge in [-0.3, -0.25) is 9.59 Å². The number of amides is 1. The fraction of sp³-hybridized carbons (Fsp3) is 0.304. The number of methoxy groups -OCH3 is 1. The molecule has 1 fully saturated rings. The van der Waals surface area contributed by atoms with E-state index in [1.807, 2.05) is 49.3 Å². The summed E-state index contributed by atoms with van der Waals surface area (Å²) in [6, 6.07) is 15.5. The summed E-state index contributed by atoms with van der Waals surface area (Å²) in [5.41, 5.74) is 1.39. The van der Waals surface area contributed by atoms with Crippen LogP contribution in [0.1, 0.15) is 23.6 Å². The molecule has 0 spiro atoms. The second kappa shape index (κ2) is 8.92. The topological polar surface area (TPSA) is 70.1 Å². The molecule has 29 heavy (non-hydrogen) atoms. The van der Waals surface area contributed by atoms with Crippen molar-refractivity contribution in [1.82, 2.24) is 9.80 Å². The fourth-order valence-corrected chi connectivity index (χ4v) is 3.55. The molecule has 2 aromatic rings. The first-order valence-corrected chi connectivity index (χ1v) is 9.56. The highest BCUT2D eigenvalue weighted by atomic mass is 16.5. The molecule has 1 N–H and O–H groups in total. The average Bonchev–Trinajstić information content (AvgIpc) is 2.98. The van der Waals surface area contributed by atoms with Gasteiger partial charge < -0.3 is 19.6 Å². The first kappa shape index (κ1) is 20.6. The number of likely N-dealkylation sites (tertiary alicyclic amines) is 1. The highest BCUT2D eigenvalue weighted by molar-refractivity contribution is 6.46. The van der Waals surface area contributed by atoms with Crippen LogP contribution in [0.15, 0.2) is 60.2 Å². The Labute approximate surface area is 171 Å². The van der Waals surface area contributed by atoms with Gasteiger partial charge in [0.2, 0.25) is 0 Å². The van der Waals surface area contributed by atoms with E-state index in [9.17, 15) is 14.7 Å². The molecule has 1 amide bonds. The molecule has 6 nitrogen and oxygen atoms in total. The number of carbonyl (C=O) groups is 2. The van der Waals surface area contributed by atoms with E-state index in [1.165, 1.54) is 0 Å². The maximum atomic E-state index is 12.9. The summed E-state index contributed by atoms with van der Waals surface area (Å²) < 4.78 is 5.15. The Morgan fingerprint density at radius 1 is 1.07 bits per heavy atom. The van der Waals surface area contributed by atoms with Gasteiger partial charge >= 0.3 is 0 Å². The highest BCUT2D eigenvalue weighted by Gasteiger charge is 2.45. The van der Waals surface area contributed by atoms with Crippen LogP contribution in [0.5, 0.6) is 5.75 Å². The van der Waals surface area contributed by atoms with E-state index in [1.54, 1.807) is 36.3 Å². The molecule has 1 aliphatic heterocycles. The molecule has 6 heteroatoms. The lowest BCUT2D eigenvalue weighted by atomic mass is 9.95. The maximum absolute atomic E-state index is 12.9. The Kier molecular flexibility index (Phi) is 6.34. The number of ether oxygens (including phenoxy) is 1. The smallest absolute Gasteiger partial charge is 0.295 e. The first-order chi connectivity index (χ1) is 13.9. The summed E-state index contributed by atoms with van der Waals surface area (Å²) in [6.45, 7) is 1.23. The van der Waals surface area contributed by atoms with Crippen LogP contribution in [-0.4, -0.2) is 60.9 Å². The molecule has 0 radical (unpaired) electrons. The third-order valence-corrected chi connectivity index (χ3v) is 5.02. The summed E-state index contributed by atoms with van der Waals surface area (Å²) in [6.07, 6.45) is 0.728. The third-order valence-electron chi connectivity index (χ3n) is 5.02. The van der Waals surface area contributed by atoms with Gasteiger partial charge in [-0.15, -0.1) is 0 Å². The number of aliphatic hydroxyl groups excluding tert-OH is 1. The Morgan fingerprint density at radius 2 is 1.72 bits per heavy atom. The van der Waals surface area contributed by atoms with Crippen molar-refractivity contribution in [3.63, 3.8) is 0 Å². The van der Waals surface area contributed by atoms with E-state index in [2.05, 4.69) is 0 Å². The molecule has 1 aliphatic rings. The van der Waals surface area contributed by atoms with Gasteiger partial charge in [0, 0.05) is 12.1 Å². The predicted octanol–water partition coefficient (Wildman–Crippen LogP) is 3.07. The Morgan fingerprint density at radius 3 is 2.31 bits per heavy atom. The standard InChI is InChI=1S/C23H26N2O4/c1-24(2)14-7-15-25-20(16-8-5-4-6-9-16)19(22(27)23(25)28)21(26)17-10-12-18(29-3)13-11-17/h4-6,8-13,20,26H,7,14-15H2,1-3H3. The van der Waals surface area contributed by atoms with E-state index in [0.29, 0.717) is 17.9 Å². The minimum absolute atomic E-state index is 0.121. The third kappa shape index (κ3) is 4.32. The van der Waals surface area contributed by atoms with E-state index < -0.39 is 17.7 Å². The van der Waals surface area contributed by atoms with Crippen LogP contribution in [-0.2, 0) is 9.59 Å². The van der Waals surface area contributed by atoms with Crippen LogP contribution >= 0.6 is 0 Å². The van der Waals surface area contributed by atoms with Gasteiger partial charge in [0.1, 0.15) is 11.5 Å². The Balaban J connectivity index is 2.05. The molecule has 152 valence electrons. The van der Waals surface area contributed by atoms with Gasteiger partial charge in [-0.05, 0) is 56.9 Å². The normalized spacial score (nSPS) is 18.5. The highest BCUT2D eigenvalue weighted by Crippen LogP contribution is 2.39. The summed E-state index contributed by atoms with van der Waals surface area (Å²) in [4.78, 5) is 29.3. The number of rotatable bonds is 7. The number of Topliss-reactive ketones (excluding diaryl/α,β-unsaturated/α-hetero) is 1. The molecule has 0 saturated carbocycles. The number of aliphatic hydroxyl groups is 1. The van der Waals surface area contributed by atoms with Gasteiger partial charge in [-0.2, -0.15) is 0 Å². The molecule has 0 aromatic heterocycles. The number of carbonyl (C=O) groups excluding carboxylic acids is 2. The summed E-state index contributed by atoms with van der Waals surface area (Å²) in [5, 5.41) is 11.0. The van der Waals surface area contributed by atoms with Crippen molar-refractivity contribution in [3.05, 3.63) is 71.3 Å². The monoisotopic (exact) mass is 394 g/mol. The van der Waals surface area contributed by atoms with Crippen molar-refractivity contribution in [3.8, 4) is 5.75 Å². The lowest BCUT2D eigenvalue weighted by molar-refractivity contribution is -0.139. The number of hydrogen-bond donors (Lipinski definition) is 1. The molecule has 3 rings (SSSR count). The van der Waals surface area contributed by atoms with Crippen LogP contribution in [0.25, 0.3) is 5.76 Å². The molecule has 2 aromatic carbocycles. The number of nitrogens with zero attached hydrogens (tertiary/aromatic N) is 2. The van der Waals surface area contributed by atoms with E-state index >= 15 is 0 Å². The largest absolute Gasteiger partial charge is 0.507 e. The number of hydrogen-bond acceptors (Lipinski definition) is 5. The van der Waals surface area contributed by atoms with E-state index in [-0.39, 0.29) is 11.3 Å². The Bertz CT molecular complexity index is 904. The van der Waals surface area contributed by atoms with Crippen molar-refractivity contribution < 1.29 is 19.4 Å². The van der Waals surface area contributed by atoms with E-state index in [0.717, 1.165) is 18.5 Å². The minimum atomic E-state index is -0.656. The average molecular weight is 394 g/mol. The lowest BCUT2D eigenvalue weighted by Crippen LogP contribution is -2.32. The Hall–Kier alpha value is -3.12. The van der Waals surface area contributed by atoms with Crippen molar-refractivity contribution in [2.75, 3.05) is 34.3 Å². The molecule has 1 unspecified atom stereocenters. The maximum Gasteiger partial charge on any atom is 0.295 e. The number of benzene rings is 2.